The number of piperidine rings is 2. The summed E-state index contributed by atoms with van der Waals surface area (Å²) in [5, 5.41) is 0. The Labute approximate surface area is 114 Å². The van der Waals surface area contributed by atoms with E-state index in [1.807, 2.05) is 0 Å². The zero-order valence-electron chi connectivity index (χ0n) is 12.3. The third-order valence-electron chi connectivity index (χ3n) is 4.15. The molecule has 2 aliphatic rings. The monoisotopic (exact) mass is 271 g/mol. The fourth-order valence-corrected chi connectivity index (χ4v) is 5.99. The van der Waals surface area contributed by atoms with Crippen molar-refractivity contribution < 1.29 is 0 Å². The molecule has 2 heterocycles. The topological polar surface area (TPSA) is 9.72 Å². The van der Waals surface area contributed by atoms with E-state index >= 15 is 0 Å². The van der Waals surface area contributed by atoms with Gasteiger partial charge in [-0.3, -0.25) is 14.0 Å². The van der Waals surface area contributed by atoms with Crippen LogP contribution in [0.2, 0.25) is 0 Å². The lowest BCUT2D eigenvalue weighted by molar-refractivity contribution is 0.276. The van der Waals surface area contributed by atoms with E-state index in [1.54, 1.807) is 0 Å². The smallest absolute Gasteiger partial charge is 0.120 e. The van der Waals surface area contributed by atoms with Crippen LogP contribution in [0.1, 0.15) is 52.4 Å². The number of hydrogen-bond acceptors (Lipinski definition) is 3. The van der Waals surface area contributed by atoms with Gasteiger partial charge in [-0.2, -0.15) is 0 Å². The molecule has 3 nitrogen and oxygen atoms in total. The van der Waals surface area contributed by atoms with Gasteiger partial charge >= 0.3 is 0 Å². The van der Waals surface area contributed by atoms with Gasteiger partial charge in [0.15, 0.2) is 0 Å². The fourth-order valence-electron chi connectivity index (χ4n) is 3.13. The first kappa shape index (κ1) is 14.7. The van der Waals surface area contributed by atoms with E-state index in [4.69, 9.17) is 0 Å². The standard InChI is InChI=1S/C14H30N3P/c1-3-15(4-2)18(16-11-7-5-8-12-16)17-13-9-6-10-14-17/h3-14H2,1-2H3. The van der Waals surface area contributed by atoms with E-state index in [2.05, 4.69) is 27.9 Å². The second-order valence-electron chi connectivity index (χ2n) is 5.44. The SMILES string of the molecule is CCN(CC)P(N1CCCCC1)N1CCCCC1. The molecule has 0 aromatic carbocycles. The Morgan fingerprint density at radius 2 is 1.11 bits per heavy atom. The van der Waals surface area contributed by atoms with Gasteiger partial charge < -0.3 is 0 Å². The maximum absolute atomic E-state index is 2.80. The highest BCUT2D eigenvalue weighted by molar-refractivity contribution is 7.50. The third kappa shape index (κ3) is 3.66. The minimum Gasteiger partial charge on any atom is -0.258 e. The molecule has 0 unspecified atom stereocenters. The Hall–Kier alpha value is 0.310. The van der Waals surface area contributed by atoms with Gasteiger partial charge in [0.2, 0.25) is 0 Å². The molecular formula is C14H30N3P. The molecule has 0 radical (unpaired) electrons. The molecule has 0 aliphatic carbocycles. The van der Waals surface area contributed by atoms with Crippen molar-refractivity contribution >= 4 is 8.37 Å². The molecule has 0 aromatic heterocycles. The van der Waals surface area contributed by atoms with Crippen molar-refractivity contribution in [2.45, 2.75) is 52.4 Å². The molecule has 0 aromatic rings. The van der Waals surface area contributed by atoms with Gasteiger partial charge in [0.25, 0.3) is 0 Å². The van der Waals surface area contributed by atoms with Gasteiger partial charge in [0.1, 0.15) is 8.37 Å². The molecule has 0 saturated carbocycles. The Morgan fingerprint density at radius 1 is 0.722 bits per heavy atom. The number of nitrogens with zero attached hydrogens (tertiary/aromatic N) is 3. The van der Waals surface area contributed by atoms with Gasteiger partial charge in [-0.15, -0.1) is 0 Å². The summed E-state index contributed by atoms with van der Waals surface area (Å²) in [5.41, 5.74) is 0. The Bertz CT molecular complexity index is 203. The Kier molecular flexibility index (Phi) is 6.37. The molecule has 2 rings (SSSR count). The predicted octanol–water partition coefficient (Wildman–Crippen LogP) is 3.53. The largest absolute Gasteiger partial charge is 0.258 e. The van der Waals surface area contributed by atoms with E-state index in [-0.39, 0.29) is 8.37 Å². The highest BCUT2D eigenvalue weighted by atomic mass is 31.2. The summed E-state index contributed by atoms with van der Waals surface area (Å²) < 4.78 is 8.32. The lowest BCUT2D eigenvalue weighted by atomic mass is 10.2. The highest BCUT2D eigenvalue weighted by Gasteiger charge is 2.31. The summed E-state index contributed by atoms with van der Waals surface area (Å²) in [6.07, 6.45) is 8.53. The average Bonchev–Trinajstić information content (AvgIpc) is 2.46. The fraction of sp³-hybridized carbons (Fsp3) is 1.00. The minimum absolute atomic E-state index is 0.161. The molecule has 0 N–H and O–H groups in total. The summed E-state index contributed by atoms with van der Waals surface area (Å²) in [6, 6.07) is 0. The normalized spacial score (nSPS) is 24.0. The van der Waals surface area contributed by atoms with Crippen molar-refractivity contribution in [3.05, 3.63) is 0 Å². The van der Waals surface area contributed by atoms with Gasteiger partial charge in [-0.05, 0) is 25.7 Å². The quantitative estimate of drug-likeness (QED) is 0.708. The summed E-state index contributed by atoms with van der Waals surface area (Å²) >= 11 is 0. The molecule has 0 amide bonds. The van der Waals surface area contributed by atoms with Crippen LogP contribution in [0.15, 0.2) is 0 Å². The van der Waals surface area contributed by atoms with Crippen LogP contribution >= 0.6 is 8.37 Å². The lowest BCUT2D eigenvalue weighted by Crippen LogP contribution is -2.41. The van der Waals surface area contributed by atoms with Gasteiger partial charge in [-0.1, -0.05) is 26.7 Å². The van der Waals surface area contributed by atoms with E-state index in [0.717, 1.165) is 0 Å². The van der Waals surface area contributed by atoms with Crippen LogP contribution < -0.4 is 0 Å². The summed E-state index contributed by atoms with van der Waals surface area (Å²) in [7, 11) is -0.161. The lowest BCUT2D eigenvalue weighted by Gasteiger charge is -2.47. The van der Waals surface area contributed by atoms with Crippen LogP contribution in [0, 0.1) is 0 Å². The minimum atomic E-state index is -0.161. The first-order valence-electron chi connectivity index (χ1n) is 7.91. The molecule has 0 atom stereocenters. The van der Waals surface area contributed by atoms with Crippen molar-refractivity contribution in [1.82, 2.24) is 14.0 Å². The van der Waals surface area contributed by atoms with Crippen LogP contribution in [0.4, 0.5) is 0 Å². The Morgan fingerprint density at radius 3 is 1.44 bits per heavy atom. The summed E-state index contributed by atoms with van der Waals surface area (Å²) in [6.45, 7) is 12.4. The van der Waals surface area contributed by atoms with Crippen LogP contribution in [0.5, 0.6) is 0 Å². The molecule has 106 valence electrons. The number of hydrogen-bond donors (Lipinski definition) is 0. The maximum atomic E-state index is 2.80. The highest BCUT2D eigenvalue weighted by Crippen LogP contribution is 2.49. The van der Waals surface area contributed by atoms with Crippen molar-refractivity contribution in [3.63, 3.8) is 0 Å². The molecule has 4 heteroatoms. The zero-order valence-corrected chi connectivity index (χ0v) is 13.2. The number of rotatable bonds is 5. The zero-order chi connectivity index (χ0) is 12.8. The van der Waals surface area contributed by atoms with Gasteiger partial charge in [0, 0.05) is 39.3 Å². The van der Waals surface area contributed by atoms with Gasteiger partial charge in [0.05, 0.1) is 0 Å². The first-order valence-corrected chi connectivity index (χ1v) is 9.11. The van der Waals surface area contributed by atoms with E-state index < -0.39 is 0 Å². The van der Waals surface area contributed by atoms with Crippen molar-refractivity contribution in [2.75, 3.05) is 39.3 Å². The Balaban J connectivity index is 2.04. The van der Waals surface area contributed by atoms with E-state index in [0.29, 0.717) is 0 Å². The average molecular weight is 271 g/mol. The maximum Gasteiger partial charge on any atom is 0.120 e. The molecule has 0 spiro atoms. The predicted molar refractivity (Wildman–Crippen MR) is 80.7 cm³/mol. The summed E-state index contributed by atoms with van der Waals surface area (Å²) in [4.78, 5) is 0. The molecule has 0 bridgehead atoms. The van der Waals surface area contributed by atoms with Crippen molar-refractivity contribution in [3.8, 4) is 0 Å². The van der Waals surface area contributed by atoms with E-state index in [9.17, 15) is 0 Å². The molecule has 2 fully saturated rings. The molecule has 2 aliphatic heterocycles. The van der Waals surface area contributed by atoms with Crippen LogP contribution in [0.25, 0.3) is 0 Å². The molecular weight excluding hydrogens is 241 g/mol. The van der Waals surface area contributed by atoms with Crippen molar-refractivity contribution in [2.24, 2.45) is 0 Å². The third-order valence-corrected chi connectivity index (χ3v) is 7.04. The first-order chi connectivity index (χ1) is 8.86. The van der Waals surface area contributed by atoms with E-state index in [1.165, 1.54) is 77.8 Å². The van der Waals surface area contributed by atoms with Crippen LogP contribution in [0.3, 0.4) is 0 Å². The van der Waals surface area contributed by atoms with Crippen molar-refractivity contribution in [1.29, 1.82) is 0 Å². The second kappa shape index (κ2) is 7.79. The second-order valence-corrected chi connectivity index (χ2v) is 7.67. The van der Waals surface area contributed by atoms with Gasteiger partial charge in [-0.25, -0.2) is 0 Å². The van der Waals surface area contributed by atoms with Crippen LogP contribution in [-0.2, 0) is 0 Å². The molecule has 2 saturated heterocycles. The van der Waals surface area contributed by atoms with Crippen LogP contribution in [-0.4, -0.2) is 53.3 Å². The molecule has 18 heavy (non-hydrogen) atoms. The summed E-state index contributed by atoms with van der Waals surface area (Å²) in [5.74, 6) is 0.